The summed E-state index contributed by atoms with van der Waals surface area (Å²) >= 11 is 0. The van der Waals surface area contributed by atoms with Gasteiger partial charge in [-0.1, -0.05) is 0 Å². The van der Waals surface area contributed by atoms with Crippen LogP contribution in [0.15, 0.2) is 0 Å². The van der Waals surface area contributed by atoms with Gasteiger partial charge in [0.05, 0.1) is 0 Å². The summed E-state index contributed by atoms with van der Waals surface area (Å²) in [7, 11) is 0. The Bertz CT molecular complexity index is 147. The van der Waals surface area contributed by atoms with E-state index in [-0.39, 0.29) is 0 Å². The topological polar surface area (TPSA) is 6.48 Å². The molecular weight excluding hydrogens is 155 g/mol. The van der Waals surface area contributed by atoms with Crippen molar-refractivity contribution in [2.24, 2.45) is 0 Å². The lowest BCUT2D eigenvalue weighted by Crippen LogP contribution is -2.42. The molecule has 1 atom stereocenters. The monoisotopic (exact) mass is 172 g/mol. The molecule has 0 spiro atoms. The third-order valence-electron chi connectivity index (χ3n) is 2.90. The summed E-state index contributed by atoms with van der Waals surface area (Å²) in [6, 6.07) is 0. The predicted molar refractivity (Wildman–Crippen MR) is 47.0 cm³/mol. The van der Waals surface area contributed by atoms with E-state index in [0.717, 1.165) is 26.1 Å². The fourth-order valence-electron chi connectivity index (χ4n) is 1.88. The second-order valence-electron chi connectivity index (χ2n) is 3.88. The number of hydrogen-bond donors (Lipinski definition) is 0. The number of likely N-dealkylation sites (tertiary alicyclic amines) is 2. The molecule has 2 fully saturated rings. The average Bonchev–Trinajstić information content (AvgIpc) is 2.32. The van der Waals surface area contributed by atoms with Crippen LogP contribution in [0.5, 0.6) is 0 Å². The van der Waals surface area contributed by atoms with Gasteiger partial charge in [0, 0.05) is 26.2 Å². The quantitative estimate of drug-likeness (QED) is 0.619. The molecular formula is C9H17FN2. The summed E-state index contributed by atoms with van der Waals surface area (Å²) in [4.78, 5) is 4.68. The first-order valence-electron chi connectivity index (χ1n) is 4.93. The third kappa shape index (κ3) is 1.96. The molecule has 2 heterocycles. The van der Waals surface area contributed by atoms with Crippen LogP contribution in [0.1, 0.15) is 12.8 Å². The molecule has 0 radical (unpaired) electrons. The number of halogens is 1. The molecule has 0 N–H and O–H groups in total. The van der Waals surface area contributed by atoms with E-state index in [1.54, 1.807) is 0 Å². The molecule has 2 saturated heterocycles. The van der Waals surface area contributed by atoms with Gasteiger partial charge in [-0.05, 0) is 25.9 Å². The number of rotatable bonds is 3. The number of alkyl halides is 1. The van der Waals surface area contributed by atoms with Crippen LogP contribution in [-0.2, 0) is 0 Å². The SMILES string of the molecule is F[C@@H]1CCN(CCN2CCC2)C1. The van der Waals surface area contributed by atoms with Gasteiger partial charge in [0.2, 0.25) is 0 Å². The molecule has 0 aromatic carbocycles. The first-order chi connectivity index (χ1) is 5.84. The van der Waals surface area contributed by atoms with Crippen molar-refractivity contribution >= 4 is 0 Å². The Hall–Kier alpha value is -0.150. The maximum atomic E-state index is 12.7. The second-order valence-corrected chi connectivity index (χ2v) is 3.88. The summed E-state index contributed by atoms with van der Waals surface area (Å²) in [6.45, 7) is 6.37. The summed E-state index contributed by atoms with van der Waals surface area (Å²) in [6.07, 6.45) is 1.55. The van der Waals surface area contributed by atoms with E-state index in [1.807, 2.05) is 0 Å². The van der Waals surface area contributed by atoms with Gasteiger partial charge in [-0.2, -0.15) is 0 Å². The Morgan fingerprint density at radius 2 is 1.83 bits per heavy atom. The van der Waals surface area contributed by atoms with Crippen molar-refractivity contribution in [3.8, 4) is 0 Å². The van der Waals surface area contributed by atoms with Gasteiger partial charge in [0.15, 0.2) is 0 Å². The van der Waals surface area contributed by atoms with Crippen LogP contribution in [0, 0.1) is 0 Å². The van der Waals surface area contributed by atoms with Crippen molar-refractivity contribution in [2.75, 3.05) is 39.3 Å². The zero-order valence-electron chi connectivity index (χ0n) is 7.51. The Kier molecular flexibility index (Phi) is 2.61. The molecule has 2 aliphatic heterocycles. The van der Waals surface area contributed by atoms with Gasteiger partial charge in [-0.15, -0.1) is 0 Å². The molecule has 0 amide bonds. The highest BCUT2D eigenvalue weighted by molar-refractivity contribution is 4.77. The summed E-state index contributed by atoms with van der Waals surface area (Å²) in [5.74, 6) is 0. The summed E-state index contributed by atoms with van der Waals surface area (Å²) in [5, 5.41) is 0. The number of hydrogen-bond acceptors (Lipinski definition) is 2. The zero-order chi connectivity index (χ0) is 8.39. The standard InChI is InChI=1S/C9H17FN2/c10-9-2-5-12(8-9)7-6-11-3-1-4-11/h9H,1-8H2/t9-/m1/s1. The van der Waals surface area contributed by atoms with Gasteiger partial charge in [-0.3, -0.25) is 4.90 Å². The minimum atomic E-state index is -0.554. The molecule has 2 rings (SSSR count). The maximum absolute atomic E-state index is 12.7. The van der Waals surface area contributed by atoms with Crippen molar-refractivity contribution in [1.29, 1.82) is 0 Å². The fraction of sp³-hybridized carbons (Fsp3) is 1.00. The summed E-state index contributed by atoms with van der Waals surface area (Å²) < 4.78 is 12.7. The fourth-order valence-corrected chi connectivity index (χ4v) is 1.88. The van der Waals surface area contributed by atoms with Crippen LogP contribution < -0.4 is 0 Å². The molecule has 70 valence electrons. The molecule has 0 aromatic rings. The van der Waals surface area contributed by atoms with Crippen LogP contribution in [0.2, 0.25) is 0 Å². The molecule has 0 unspecified atom stereocenters. The number of nitrogens with zero attached hydrogens (tertiary/aromatic N) is 2. The zero-order valence-corrected chi connectivity index (χ0v) is 7.51. The molecule has 0 aliphatic carbocycles. The van der Waals surface area contributed by atoms with Gasteiger partial charge in [0.1, 0.15) is 6.17 Å². The Labute approximate surface area is 73.3 Å². The highest BCUT2D eigenvalue weighted by atomic mass is 19.1. The van der Waals surface area contributed by atoms with E-state index >= 15 is 0 Å². The smallest absolute Gasteiger partial charge is 0.114 e. The molecule has 2 nitrogen and oxygen atoms in total. The third-order valence-corrected chi connectivity index (χ3v) is 2.90. The molecule has 12 heavy (non-hydrogen) atoms. The minimum Gasteiger partial charge on any atom is -0.302 e. The summed E-state index contributed by atoms with van der Waals surface area (Å²) in [5.41, 5.74) is 0. The van der Waals surface area contributed by atoms with Crippen molar-refractivity contribution < 1.29 is 4.39 Å². The first-order valence-corrected chi connectivity index (χ1v) is 4.93. The van der Waals surface area contributed by atoms with E-state index in [9.17, 15) is 4.39 Å². The minimum absolute atomic E-state index is 0.554. The first kappa shape index (κ1) is 8.45. The largest absolute Gasteiger partial charge is 0.302 e. The molecule has 0 saturated carbocycles. The highest BCUT2D eigenvalue weighted by Gasteiger charge is 2.22. The van der Waals surface area contributed by atoms with E-state index in [0.29, 0.717) is 6.54 Å². The molecule has 2 aliphatic rings. The van der Waals surface area contributed by atoms with Crippen LogP contribution in [0.25, 0.3) is 0 Å². The molecule has 3 heteroatoms. The van der Waals surface area contributed by atoms with Crippen molar-refractivity contribution in [3.63, 3.8) is 0 Å². The van der Waals surface area contributed by atoms with Crippen molar-refractivity contribution in [2.45, 2.75) is 19.0 Å². The second kappa shape index (κ2) is 3.71. The lowest BCUT2D eigenvalue weighted by molar-refractivity contribution is 0.154. The van der Waals surface area contributed by atoms with Crippen LogP contribution in [0.4, 0.5) is 4.39 Å². The van der Waals surface area contributed by atoms with E-state index in [1.165, 1.54) is 19.5 Å². The predicted octanol–water partition coefficient (Wildman–Crippen LogP) is 0.736. The van der Waals surface area contributed by atoms with Gasteiger partial charge in [0.25, 0.3) is 0 Å². The van der Waals surface area contributed by atoms with Gasteiger partial charge >= 0.3 is 0 Å². The van der Waals surface area contributed by atoms with Crippen molar-refractivity contribution in [3.05, 3.63) is 0 Å². The van der Waals surface area contributed by atoms with Crippen LogP contribution >= 0.6 is 0 Å². The van der Waals surface area contributed by atoms with Gasteiger partial charge < -0.3 is 4.90 Å². The lowest BCUT2D eigenvalue weighted by Gasteiger charge is -2.32. The van der Waals surface area contributed by atoms with Crippen LogP contribution in [-0.4, -0.2) is 55.2 Å². The Balaban J connectivity index is 1.60. The van der Waals surface area contributed by atoms with E-state index in [4.69, 9.17) is 0 Å². The lowest BCUT2D eigenvalue weighted by atomic mass is 10.2. The Morgan fingerprint density at radius 3 is 2.33 bits per heavy atom. The highest BCUT2D eigenvalue weighted by Crippen LogP contribution is 2.12. The average molecular weight is 172 g/mol. The van der Waals surface area contributed by atoms with Crippen LogP contribution in [0.3, 0.4) is 0 Å². The molecule has 0 bridgehead atoms. The van der Waals surface area contributed by atoms with Crippen molar-refractivity contribution in [1.82, 2.24) is 9.80 Å². The Morgan fingerprint density at radius 1 is 1.08 bits per heavy atom. The normalized spacial score (nSPS) is 32.2. The molecule has 0 aromatic heterocycles. The van der Waals surface area contributed by atoms with E-state index in [2.05, 4.69) is 9.80 Å². The van der Waals surface area contributed by atoms with Gasteiger partial charge in [-0.25, -0.2) is 4.39 Å². The maximum Gasteiger partial charge on any atom is 0.114 e. The van der Waals surface area contributed by atoms with E-state index < -0.39 is 6.17 Å².